The molecule has 0 saturated heterocycles. The molecule has 4 nitrogen and oxygen atoms in total. The van der Waals surface area contributed by atoms with Gasteiger partial charge in [-0.05, 0) is 80.6 Å². The fourth-order valence-corrected chi connectivity index (χ4v) is 7.26. The van der Waals surface area contributed by atoms with E-state index in [2.05, 4.69) is 146 Å². The van der Waals surface area contributed by atoms with Gasteiger partial charge in [0.15, 0.2) is 17.5 Å². The quantitative estimate of drug-likeness (QED) is 0.176. The molecule has 4 heteroatoms. The van der Waals surface area contributed by atoms with Crippen molar-refractivity contribution in [2.45, 2.75) is 0 Å². The van der Waals surface area contributed by atoms with Gasteiger partial charge in [0.25, 0.3) is 0 Å². The summed E-state index contributed by atoms with van der Waals surface area (Å²) in [6.07, 6.45) is 0. The Morgan fingerprint density at radius 2 is 0.811 bits per heavy atom. The Morgan fingerprint density at radius 1 is 0.302 bits per heavy atom. The lowest BCUT2D eigenvalue weighted by atomic mass is 9.97. The molecule has 0 amide bonds. The third kappa shape index (κ3) is 5.73. The lowest BCUT2D eigenvalue weighted by Crippen LogP contribution is -2.00. The summed E-state index contributed by atoms with van der Waals surface area (Å²) in [4.78, 5) is 15.1. The molecule has 10 rings (SSSR count). The molecule has 0 saturated carbocycles. The molecule has 248 valence electrons. The zero-order chi connectivity index (χ0) is 35.1. The van der Waals surface area contributed by atoms with Gasteiger partial charge in [-0.1, -0.05) is 152 Å². The molecule has 0 bridgehead atoms. The molecule has 53 heavy (non-hydrogen) atoms. The van der Waals surface area contributed by atoms with Gasteiger partial charge in [-0.15, -0.1) is 0 Å². The second kappa shape index (κ2) is 12.9. The number of fused-ring (bicyclic) bond motifs is 4. The number of hydrogen-bond donors (Lipinski definition) is 0. The topological polar surface area (TPSA) is 51.8 Å². The first-order chi connectivity index (χ1) is 26.2. The molecule has 0 atom stereocenters. The summed E-state index contributed by atoms with van der Waals surface area (Å²) in [5.41, 5.74) is 11.2. The van der Waals surface area contributed by atoms with E-state index in [1.165, 1.54) is 21.9 Å². The summed E-state index contributed by atoms with van der Waals surface area (Å²) in [7, 11) is 0. The molecule has 10 aromatic rings. The molecule has 0 unspecified atom stereocenters. The van der Waals surface area contributed by atoms with Crippen molar-refractivity contribution in [1.82, 2.24) is 15.0 Å². The lowest BCUT2D eigenvalue weighted by molar-refractivity contribution is 0.669. The number of benzene rings is 8. The van der Waals surface area contributed by atoms with Crippen LogP contribution in [-0.4, -0.2) is 15.0 Å². The molecule has 0 aliphatic rings. The SMILES string of the molecule is c1ccc(-c2nc(-c3cccc(-c4ccc5ccccc5c4)c3)nc(-c3cccc(-c4ccc5c(c4)oc4cccc(-c6ccccc6)c45)c3)n2)cc1. The summed E-state index contributed by atoms with van der Waals surface area (Å²) in [5.74, 6) is 1.87. The smallest absolute Gasteiger partial charge is 0.164 e. The number of furan rings is 1. The van der Waals surface area contributed by atoms with Crippen molar-refractivity contribution in [2.24, 2.45) is 0 Å². The van der Waals surface area contributed by atoms with E-state index in [-0.39, 0.29) is 0 Å². The highest BCUT2D eigenvalue weighted by Gasteiger charge is 2.16. The minimum Gasteiger partial charge on any atom is -0.456 e. The molecular weight excluding hydrogens is 647 g/mol. The Bertz CT molecular complexity index is 2950. The highest BCUT2D eigenvalue weighted by molar-refractivity contribution is 6.13. The van der Waals surface area contributed by atoms with Crippen LogP contribution in [0.15, 0.2) is 192 Å². The van der Waals surface area contributed by atoms with Crippen LogP contribution in [0.4, 0.5) is 0 Å². The van der Waals surface area contributed by atoms with Gasteiger partial charge in [0.05, 0.1) is 0 Å². The zero-order valence-electron chi connectivity index (χ0n) is 28.6. The Morgan fingerprint density at radius 3 is 1.51 bits per heavy atom. The average molecular weight is 678 g/mol. The summed E-state index contributed by atoms with van der Waals surface area (Å²) >= 11 is 0. The summed E-state index contributed by atoms with van der Waals surface area (Å²) in [5, 5.41) is 4.66. The fourth-order valence-electron chi connectivity index (χ4n) is 7.26. The second-order valence-corrected chi connectivity index (χ2v) is 13.3. The van der Waals surface area contributed by atoms with Crippen molar-refractivity contribution >= 4 is 32.7 Å². The van der Waals surface area contributed by atoms with Crippen LogP contribution < -0.4 is 0 Å². The maximum Gasteiger partial charge on any atom is 0.164 e. The van der Waals surface area contributed by atoms with E-state index in [9.17, 15) is 0 Å². The van der Waals surface area contributed by atoms with E-state index in [4.69, 9.17) is 19.4 Å². The fraction of sp³-hybridized carbons (Fsp3) is 0. The van der Waals surface area contributed by atoms with E-state index in [0.717, 1.165) is 60.9 Å². The third-order valence-corrected chi connectivity index (χ3v) is 9.91. The van der Waals surface area contributed by atoms with Crippen LogP contribution in [0, 0.1) is 0 Å². The normalized spacial score (nSPS) is 11.4. The number of nitrogens with zero attached hydrogens (tertiary/aromatic N) is 3. The van der Waals surface area contributed by atoms with Gasteiger partial charge >= 0.3 is 0 Å². The minimum absolute atomic E-state index is 0.615. The highest BCUT2D eigenvalue weighted by atomic mass is 16.3. The Balaban J connectivity index is 1.06. The van der Waals surface area contributed by atoms with Gasteiger partial charge in [-0.25, -0.2) is 15.0 Å². The maximum absolute atomic E-state index is 6.45. The van der Waals surface area contributed by atoms with Crippen LogP contribution in [0.2, 0.25) is 0 Å². The van der Waals surface area contributed by atoms with Crippen molar-refractivity contribution in [3.8, 4) is 67.5 Å². The predicted octanol–water partition coefficient (Wildman–Crippen LogP) is 12.9. The molecule has 0 radical (unpaired) electrons. The lowest BCUT2D eigenvalue weighted by Gasteiger charge is -2.11. The van der Waals surface area contributed by atoms with Gasteiger partial charge in [0.2, 0.25) is 0 Å². The van der Waals surface area contributed by atoms with Gasteiger partial charge in [-0.3, -0.25) is 0 Å². The Hall–Kier alpha value is -7.17. The van der Waals surface area contributed by atoms with Crippen LogP contribution in [-0.2, 0) is 0 Å². The van der Waals surface area contributed by atoms with Crippen LogP contribution in [0.3, 0.4) is 0 Å². The average Bonchev–Trinajstić information content (AvgIpc) is 3.62. The third-order valence-electron chi connectivity index (χ3n) is 9.91. The molecule has 0 N–H and O–H groups in total. The van der Waals surface area contributed by atoms with E-state index in [0.29, 0.717) is 17.5 Å². The number of rotatable bonds is 6. The van der Waals surface area contributed by atoms with Gasteiger partial charge < -0.3 is 4.42 Å². The molecule has 0 spiro atoms. The molecule has 2 heterocycles. The summed E-state index contributed by atoms with van der Waals surface area (Å²) in [6, 6.07) is 65.2. The number of hydrogen-bond acceptors (Lipinski definition) is 4. The first-order valence-corrected chi connectivity index (χ1v) is 17.8. The molecule has 8 aromatic carbocycles. The van der Waals surface area contributed by atoms with Gasteiger partial charge in [-0.2, -0.15) is 0 Å². The molecule has 2 aromatic heterocycles. The van der Waals surface area contributed by atoms with Crippen molar-refractivity contribution in [3.05, 3.63) is 188 Å². The van der Waals surface area contributed by atoms with E-state index >= 15 is 0 Å². The van der Waals surface area contributed by atoms with Crippen LogP contribution >= 0.6 is 0 Å². The van der Waals surface area contributed by atoms with Crippen molar-refractivity contribution in [3.63, 3.8) is 0 Å². The molecule has 0 aliphatic carbocycles. The monoisotopic (exact) mass is 677 g/mol. The maximum atomic E-state index is 6.45. The molecule has 0 aliphatic heterocycles. The Labute approximate surface area is 306 Å². The van der Waals surface area contributed by atoms with Crippen LogP contribution in [0.25, 0.3) is 100 Å². The standard InChI is InChI=1S/C49H31N3O/c1-3-13-33(14-4-1)42-22-11-23-44-46(42)43-27-26-39(31-45(43)53-44)37-19-10-21-41(30-37)49-51-47(34-15-5-2-6-16-34)50-48(52-49)40-20-9-18-36(29-40)38-25-24-32-12-7-8-17-35(32)28-38/h1-31H. The summed E-state index contributed by atoms with van der Waals surface area (Å²) < 4.78 is 6.45. The summed E-state index contributed by atoms with van der Waals surface area (Å²) in [6.45, 7) is 0. The van der Waals surface area contributed by atoms with E-state index < -0.39 is 0 Å². The van der Waals surface area contributed by atoms with E-state index in [1.807, 2.05) is 42.5 Å². The first kappa shape index (κ1) is 30.6. The van der Waals surface area contributed by atoms with Crippen molar-refractivity contribution in [1.29, 1.82) is 0 Å². The highest BCUT2D eigenvalue weighted by Crippen LogP contribution is 2.39. The Kier molecular flexibility index (Phi) is 7.43. The van der Waals surface area contributed by atoms with Crippen LogP contribution in [0.1, 0.15) is 0 Å². The van der Waals surface area contributed by atoms with Crippen molar-refractivity contribution < 1.29 is 4.42 Å². The predicted molar refractivity (Wildman–Crippen MR) is 217 cm³/mol. The van der Waals surface area contributed by atoms with Crippen LogP contribution in [0.5, 0.6) is 0 Å². The minimum atomic E-state index is 0.615. The largest absolute Gasteiger partial charge is 0.456 e. The van der Waals surface area contributed by atoms with E-state index in [1.54, 1.807) is 0 Å². The molecular formula is C49H31N3O. The van der Waals surface area contributed by atoms with Gasteiger partial charge in [0.1, 0.15) is 11.2 Å². The molecule has 0 fully saturated rings. The first-order valence-electron chi connectivity index (χ1n) is 17.8. The zero-order valence-corrected chi connectivity index (χ0v) is 28.6. The van der Waals surface area contributed by atoms with Gasteiger partial charge in [0, 0.05) is 27.5 Å². The number of aromatic nitrogens is 3. The van der Waals surface area contributed by atoms with Crippen molar-refractivity contribution in [2.75, 3.05) is 0 Å². The second-order valence-electron chi connectivity index (χ2n) is 13.3.